The minimum Gasteiger partial charge on any atom is -0.462 e. The largest absolute Gasteiger partial charge is 0.462 e. The van der Waals surface area contributed by atoms with Gasteiger partial charge in [-0.1, -0.05) is 60.7 Å². The van der Waals surface area contributed by atoms with E-state index in [-0.39, 0.29) is 6.04 Å². The van der Waals surface area contributed by atoms with Crippen LogP contribution in [0.25, 0.3) is 0 Å². The van der Waals surface area contributed by atoms with Crippen LogP contribution in [-0.2, 0) is 9.53 Å². The van der Waals surface area contributed by atoms with Gasteiger partial charge in [0.1, 0.15) is 12.3 Å². The highest BCUT2D eigenvalue weighted by Gasteiger charge is 2.12. The number of ether oxygens (including phenoxy) is 1. The quantitative estimate of drug-likeness (QED) is 0.615. The van der Waals surface area contributed by atoms with Gasteiger partial charge in [-0.05, 0) is 18.1 Å². The van der Waals surface area contributed by atoms with Crippen LogP contribution in [0.1, 0.15) is 24.1 Å². The second kappa shape index (κ2) is 7.24. The summed E-state index contributed by atoms with van der Waals surface area (Å²) in [6.07, 6.45) is 1.26. The van der Waals surface area contributed by atoms with Crippen LogP contribution in [0.2, 0.25) is 0 Å². The van der Waals surface area contributed by atoms with Crippen molar-refractivity contribution in [3.8, 4) is 0 Å². The molecule has 0 heterocycles. The van der Waals surface area contributed by atoms with E-state index < -0.39 is 5.97 Å². The molecule has 0 amide bonds. The topological polar surface area (TPSA) is 38.7 Å². The zero-order valence-corrected chi connectivity index (χ0v) is 11.4. The fraction of sp³-hybridized carbons (Fsp3) is 0.176. The smallest absolute Gasteiger partial charge is 0.348 e. The van der Waals surface area contributed by atoms with E-state index in [0.717, 1.165) is 11.1 Å². The van der Waals surface area contributed by atoms with Gasteiger partial charge in [-0.25, -0.2) is 4.79 Å². The van der Waals surface area contributed by atoms with Crippen molar-refractivity contribution in [2.45, 2.75) is 13.0 Å². The maximum Gasteiger partial charge on any atom is 0.348 e. The standard InChI is InChI=1S/C17H17NO2/c1-2-20-16(19)13-18-17(14-9-5-3-6-10-14)15-11-7-4-8-12-15/h3-13,17H,2H2,1H3. The van der Waals surface area contributed by atoms with Gasteiger partial charge in [-0.3, -0.25) is 4.99 Å². The normalized spacial score (nSPS) is 10.9. The van der Waals surface area contributed by atoms with Crippen LogP contribution < -0.4 is 0 Å². The molecule has 0 aromatic heterocycles. The van der Waals surface area contributed by atoms with Crippen molar-refractivity contribution >= 4 is 12.2 Å². The first kappa shape index (κ1) is 14.0. The van der Waals surface area contributed by atoms with E-state index in [1.165, 1.54) is 6.21 Å². The molecular formula is C17H17NO2. The lowest BCUT2D eigenvalue weighted by atomic mass is 9.99. The summed E-state index contributed by atoms with van der Waals surface area (Å²) in [6.45, 7) is 2.13. The molecule has 0 aliphatic heterocycles. The summed E-state index contributed by atoms with van der Waals surface area (Å²) in [4.78, 5) is 15.8. The van der Waals surface area contributed by atoms with Crippen LogP contribution in [0.4, 0.5) is 0 Å². The van der Waals surface area contributed by atoms with Crippen molar-refractivity contribution in [3.63, 3.8) is 0 Å². The molecule has 20 heavy (non-hydrogen) atoms. The molecule has 2 rings (SSSR count). The van der Waals surface area contributed by atoms with Crippen LogP contribution in [-0.4, -0.2) is 18.8 Å². The van der Waals surface area contributed by atoms with Crippen LogP contribution in [0.15, 0.2) is 65.7 Å². The van der Waals surface area contributed by atoms with Gasteiger partial charge in [0.15, 0.2) is 0 Å². The van der Waals surface area contributed by atoms with Crippen LogP contribution >= 0.6 is 0 Å². The fourth-order valence-electron chi connectivity index (χ4n) is 1.95. The number of carbonyl (C=O) groups excluding carboxylic acids is 1. The molecule has 3 nitrogen and oxygen atoms in total. The molecule has 3 heteroatoms. The van der Waals surface area contributed by atoms with E-state index in [2.05, 4.69) is 4.99 Å². The van der Waals surface area contributed by atoms with Gasteiger partial charge in [0.2, 0.25) is 0 Å². The fourth-order valence-corrected chi connectivity index (χ4v) is 1.95. The molecule has 0 radical (unpaired) electrons. The van der Waals surface area contributed by atoms with Crippen molar-refractivity contribution in [2.75, 3.05) is 6.61 Å². The highest BCUT2D eigenvalue weighted by Crippen LogP contribution is 2.25. The van der Waals surface area contributed by atoms with E-state index in [1.54, 1.807) is 6.92 Å². The first-order valence-electron chi connectivity index (χ1n) is 6.61. The summed E-state index contributed by atoms with van der Waals surface area (Å²) in [6, 6.07) is 19.6. The molecule has 0 fully saturated rings. The maximum atomic E-state index is 11.4. The average Bonchev–Trinajstić information content (AvgIpc) is 2.50. The average molecular weight is 267 g/mol. The van der Waals surface area contributed by atoms with Gasteiger partial charge in [-0.15, -0.1) is 0 Å². The van der Waals surface area contributed by atoms with E-state index in [0.29, 0.717) is 6.61 Å². The number of benzene rings is 2. The number of hydrogen-bond donors (Lipinski definition) is 0. The van der Waals surface area contributed by atoms with Crippen LogP contribution in [0, 0.1) is 0 Å². The van der Waals surface area contributed by atoms with Crippen molar-refractivity contribution in [2.24, 2.45) is 4.99 Å². The first-order chi connectivity index (χ1) is 9.81. The molecular weight excluding hydrogens is 250 g/mol. The van der Waals surface area contributed by atoms with Crippen molar-refractivity contribution < 1.29 is 9.53 Å². The highest BCUT2D eigenvalue weighted by atomic mass is 16.5. The number of aliphatic imine (C=N–C) groups is 1. The lowest BCUT2D eigenvalue weighted by molar-refractivity contribution is -0.134. The van der Waals surface area contributed by atoms with Gasteiger partial charge >= 0.3 is 5.97 Å². The first-order valence-corrected chi connectivity index (χ1v) is 6.61. The zero-order chi connectivity index (χ0) is 14.2. The Morgan fingerprint density at radius 2 is 1.55 bits per heavy atom. The van der Waals surface area contributed by atoms with Gasteiger partial charge in [0.05, 0.1) is 6.61 Å². The van der Waals surface area contributed by atoms with Gasteiger partial charge in [0.25, 0.3) is 0 Å². The Hall–Kier alpha value is -2.42. The molecule has 0 atom stereocenters. The van der Waals surface area contributed by atoms with E-state index in [9.17, 15) is 4.79 Å². The SMILES string of the molecule is CCOC(=O)C=NC(c1ccccc1)c1ccccc1. The Morgan fingerprint density at radius 1 is 1.05 bits per heavy atom. The molecule has 0 bridgehead atoms. The minimum absolute atomic E-state index is 0.193. The third-order valence-corrected chi connectivity index (χ3v) is 2.85. The molecule has 0 unspecified atom stereocenters. The Morgan fingerprint density at radius 3 is 2.00 bits per heavy atom. The Balaban J connectivity index is 2.28. The second-order valence-corrected chi connectivity index (χ2v) is 4.25. The predicted octanol–water partition coefficient (Wildman–Crippen LogP) is 3.41. The number of carbonyl (C=O) groups is 1. The van der Waals surface area contributed by atoms with E-state index >= 15 is 0 Å². The number of rotatable bonds is 5. The van der Waals surface area contributed by atoms with E-state index in [1.807, 2.05) is 60.7 Å². The maximum absolute atomic E-state index is 11.4. The molecule has 0 aliphatic rings. The minimum atomic E-state index is -0.413. The Labute approximate surface area is 118 Å². The predicted molar refractivity (Wildman–Crippen MR) is 79.9 cm³/mol. The van der Waals surface area contributed by atoms with Gasteiger partial charge < -0.3 is 4.74 Å². The molecule has 102 valence electrons. The summed E-state index contributed by atoms with van der Waals surface area (Å²) < 4.78 is 4.88. The zero-order valence-electron chi connectivity index (χ0n) is 11.4. The number of esters is 1. The molecule has 0 saturated heterocycles. The number of hydrogen-bond acceptors (Lipinski definition) is 3. The third kappa shape index (κ3) is 3.79. The molecule has 0 saturated carbocycles. The molecule has 0 N–H and O–H groups in total. The Kier molecular flexibility index (Phi) is 5.07. The molecule has 2 aromatic carbocycles. The van der Waals surface area contributed by atoms with Gasteiger partial charge in [0, 0.05) is 0 Å². The molecule has 0 spiro atoms. The lowest BCUT2D eigenvalue weighted by Gasteiger charge is -2.13. The van der Waals surface area contributed by atoms with Crippen molar-refractivity contribution in [1.82, 2.24) is 0 Å². The van der Waals surface area contributed by atoms with E-state index in [4.69, 9.17) is 4.74 Å². The van der Waals surface area contributed by atoms with Crippen molar-refractivity contribution in [3.05, 3.63) is 71.8 Å². The number of nitrogens with zero attached hydrogens (tertiary/aromatic N) is 1. The second-order valence-electron chi connectivity index (χ2n) is 4.25. The molecule has 2 aromatic rings. The summed E-state index contributed by atoms with van der Waals surface area (Å²) in [7, 11) is 0. The summed E-state index contributed by atoms with van der Waals surface area (Å²) in [5.41, 5.74) is 2.08. The van der Waals surface area contributed by atoms with Gasteiger partial charge in [-0.2, -0.15) is 0 Å². The van der Waals surface area contributed by atoms with Crippen LogP contribution in [0.5, 0.6) is 0 Å². The van der Waals surface area contributed by atoms with Crippen LogP contribution in [0.3, 0.4) is 0 Å². The summed E-state index contributed by atoms with van der Waals surface area (Å²) in [5, 5.41) is 0. The Bertz CT molecular complexity index is 525. The summed E-state index contributed by atoms with van der Waals surface area (Å²) in [5.74, 6) is -0.413. The summed E-state index contributed by atoms with van der Waals surface area (Å²) >= 11 is 0. The highest BCUT2D eigenvalue weighted by molar-refractivity contribution is 6.23. The third-order valence-electron chi connectivity index (χ3n) is 2.85. The monoisotopic (exact) mass is 267 g/mol. The van der Waals surface area contributed by atoms with Crippen molar-refractivity contribution in [1.29, 1.82) is 0 Å². The lowest BCUT2D eigenvalue weighted by Crippen LogP contribution is -2.07. The molecule has 0 aliphatic carbocycles.